The van der Waals surface area contributed by atoms with Gasteiger partial charge >= 0.3 is 0 Å². The zero-order valence-electron chi connectivity index (χ0n) is 11.7. The summed E-state index contributed by atoms with van der Waals surface area (Å²) in [6.45, 7) is 0.362. The topological polar surface area (TPSA) is 75.6 Å². The van der Waals surface area contributed by atoms with Crippen LogP contribution in [0.15, 0.2) is 18.2 Å². The van der Waals surface area contributed by atoms with Crippen molar-refractivity contribution >= 4 is 27.3 Å². The molecule has 7 heteroatoms. The van der Waals surface area contributed by atoms with Gasteiger partial charge in [-0.3, -0.25) is 4.72 Å². The highest BCUT2D eigenvalue weighted by Crippen LogP contribution is 2.24. The molecule has 0 fully saturated rings. The van der Waals surface area contributed by atoms with Crippen LogP contribution in [0.3, 0.4) is 0 Å². The van der Waals surface area contributed by atoms with E-state index in [-0.39, 0.29) is 12.4 Å². The Morgan fingerprint density at radius 2 is 2.19 bits per heavy atom. The summed E-state index contributed by atoms with van der Waals surface area (Å²) < 4.78 is 31.1. The molecule has 1 aromatic carbocycles. The van der Waals surface area contributed by atoms with Crippen LogP contribution in [0.5, 0.6) is 0 Å². The minimum atomic E-state index is -3.47. The second-order valence-corrected chi connectivity index (χ2v) is 6.49. The zero-order chi connectivity index (χ0) is 15.7. The number of aliphatic hydroxyl groups is 1. The quantitative estimate of drug-likeness (QED) is 0.590. The zero-order valence-corrected chi connectivity index (χ0v) is 13.3. The Morgan fingerprint density at radius 3 is 2.86 bits per heavy atom. The van der Waals surface area contributed by atoms with E-state index in [2.05, 4.69) is 16.6 Å². The van der Waals surface area contributed by atoms with Crippen LogP contribution >= 0.6 is 11.6 Å². The maximum absolute atomic E-state index is 11.9. The first-order valence-corrected chi connectivity index (χ1v) is 8.40. The van der Waals surface area contributed by atoms with Gasteiger partial charge < -0.3 is 9.84 Å². The van der Waals surface area contributed by atoms with E-state index in [1.54, 1.807) is 18.2 Å². The molecule has 0 saturated carbocycles. The van der Waals surface area contributed by atoms with Crippen LogP contribution in [0.4, 0.5) is 5.69 Å². The normalized spacial score (nSPS) is 10.8. The van der Waals surface area contributed by atoms with Crippen LogP contribution in [0.25, 0.3) is 0 Å². The SMILES string of the molecule is COCCCS(=O)(=O)Nc1cc(C#CCCO)ccc1Cl. The second kappa shape index (κ2) is 8.90. The van der Waals surface area contributed by atoms with E-state index in [1.165, 1.54) is 7.11 Å². The van der Waals surface area contributed by atoms with E-state index < -0.39 is 10.0 Å². The first kappa shape index (κ1) is 17.8. The average molecular weight is 332 g/mol. The molecule has 0 spiro atoms. The lowest BCUT2D eigenvalue weighted by molar-refractivity contribution is 0.199. The third-order valence-electron chi connectivity index (χ3n) is 2.46. The molecule has 0 amide bonds. The first-order chi connectivity index (χ1) is 9.98. The van der Waals surface area contributed by atoms with E-state index in [9.17, 15) is 8.42 Å². The van der Waals surface area contributed by atoms with Crippen molar-refractivity contribution in [2.75, 3.05) is 30.8 Å². The lowest BCUT2D eigenvalue weighted by Gasteiger charge is -2.09. The summed E-state index contributed by atoms with van der Waals surface area (Å²) in [5.74, 6) is 5.55. The number of hydrogen-bond donors (Lipinski definition) is 2. The number of halogens is 1. The molecular weight excluding hydrogens is 314 g/mol. The van der Waals surface area contributed by atoms with Crippen LogP contribution in [0.1, 0.15) is 18.4 Å². The fourth-order valence-electron chi connectivity index (χ4n) is 1.51. The molecule has 0 aliphatic rings. The minimum Gasteiger partial charge on any atom is -0.395 e. The van der Waals surface area contributed by atoms with Gasteiger partial charge in [-0.1, -0.05) is 23.4 Å². The first-order valence-electron chi connectivity index (χ1n) is 6.37. The van der Waals surface area contributed by atoms with E-state index in [0.717, 1.165) is 0 Å². The fourth-order valence-corrected chi connectivity index (χ4v) is 2.84. The third kappa shape index (κ3) is 6.82. The number of ether oxygens (including phenoxy) is 1. The van der Waals surface area contributed by atoms with Crippen LogP contribution in [0, 0.1) is 11.8 Å². The van der Waals surface area contributed by atoms with Crippen LogP contribution in [0.2, 0.25) is 5.02 Å². The summed E-state index contributed by atoms with van der Waals surface area (Å²) in [7, 11) is -1.95. The van der Waals surface area contributed by atoms with Crippen molar-refractivity contribution in [1.29, 1.82) is 0 Å². The van der Waals surface area contributed by atoms with Gasteiger partial charge in [-0.2, -0.15) is 0 Å². The average Bonchev–Trinajstić information content (AvgIpc) is 2.42. The summed E-state index contributed by atoms with van der Waals surface area (Å²) in [6, 6.07) is 4.84. The monoisotopic (exact) mass is 331 g/mol. The number of anilines is 1. The molecule has 2 N–H and O–H groups in total. The molecule has 0 bridgehead atoms. The van der Waals surface area contributed by atoms with Gasteiger partial charge in [-0.05, 0) is 24.6 Å². The molecule has 1 rings (SSSR count). The summed E-state index contributed by atoms with van der Waals surface area (Å²) >= 11 is 5.99. The Morgan fingerprint density at radius 1 is 1.43 bits per heavy atom. The van der Waals surface area contributed by atoms with E-state index >= 15 is 0 Å². The van der Waals surface area contributed by atoms with Gasteiger partial charge in [0, 0.05) is 25.7 Å². The summed E-state index contributed by atoms with van der Waals surface area (Å²) in [5, 5.41) is 8.98. The Bertz CT molecular complexity index is 620. The van der Waals surface area contributed by atoms with E-state index in [0.29, 0.717) is 35.7 Å². The van der Waals surface area contributed by atoms with E-state index in [4.69, 9.17) is 21.4 Å². The van der Waals surface area contributed by atoms with Gasteiger partial charge in [0.05, 0.1) is 23.1 Å². The van der Waals surface area contributed by atoms with Gasteiger partial charge in [-0.25, -0.2) is 8.42 Å². The summed E-state index contributed by atoms with van der Waals surface area (Å²) in [4.78, 5) is 0. The van der Waals surface area contributed by atoms with Crippen LogP contribution in [-0.2, 0) is 14.8 Å². The number of sulfonamides is 1. The van der Waals surface area contributed by atoms with Crippen molar-refractivity contribution in [3.05, 3.63) is 28.8 Å². The number of aliphatic hydroxyl groups excluding tert-OH is 1. The van der Waals surface area contributed by atoms with Crippen LogP contribution < -0.4 is 4.72 Å². The predicted molar refractivity (Wildman–Crippen MR) is 83.9 cm³/mol. The van der Waals surface area contributed by atoms with Crippen molar-refractivity contribution in [2.24, 2.45) is 0 Å². The minimum absolute atomic E-state index is 0.0143. The van der Waals surface area contributed by atoms with Crippen molar-refractivity contribution in [3.63, 3.8) is 0 Å². The summed E-state index contributed by atoms with van der Waals surface area (Å²) in [6.07, 6.45) is 0.764. The largest absolute Gasteiger partial charge is 0.395 e. The third-order valence-corrected chi connectivity index (χ3v) is 4.15. The molecule has 1 aromatic rings. The molecule has 0 atom stereocenters. The van der Waals surface area contributed by atoms with Crippen LogP contribution in [-0.4, -0.2) is 39.6 Å². The number of hydrogen-bond acceptors (Lipinski definition) is 4. The predicted octanol–water partition coefficient (Wildman–Crippen LogP) is 1.85. The number of benzene rings is 1. The second-order valence-electron chi connectivity index (χ2n) is 4.24. The highest BCUT2D eigenvalue weighted by molar-refractivity contribution is 7.92. The molecule has 0 aliphatic heterocycles. The molecule has 0 radical (unpaired) electrons. The molecule has 0 heterocycles. The van der Waals surface area contributed by atoms with Gasteiger partial charge in [0.25, 0.3) is 0 Å². The Hall–Kier alpha value is -1.26. The Balaban J connectivity index is 2.83. The van der Waals surface area contributed by atoms with E-state index in [1.807, 2.05) is 0 Å². The van der Waals surface area contributed by atoms with Gasteiger partial charge in [0.15, 0.2) is 0 Å². The van der Waals surface area contributed by atoms with Crippen molar-refractivity contribution < 1.29 is 18.3 Å². The molecule has 0 aliphatic carbocycles. The molecular formula is C14H18ClNO4S. The fraction of sp³-hybridized carbons (Fsp3) is 0.429. The molecule has 0 saturated heterocycles. The van der Waals surface area contributed by atoms with Crippen molar-refractivity contribution in [3.8, 4) is 11.8 Å². The number of nitrogens with one attached hydrogen (secondary N) is 1. The van der Waals surface area contributed by atoms with Gasteiger partial charge in [-0.15, -0.1) is 0 Å². The molecule has 116 valence electrons. The number of methoxy groups -OCH3 is 1. The molecule has 0 aromatic heterocycles. The smallest absolute Gasteiger partial charge is 0.232 e. The summed E-state index contributed by atoms with van der Waals surface area (Å²) in [5.41, 5.74) is 0.923. The Labute approximate surface area is 130 Å². The number of rotatable bonds is 7. The molecule has 0 unspecified atom stereocenters. The molecule has 21 heavy (non-hydrogen) atoms. The highest BCUT2D eigenvalue weighted by atomic mass is 35.5. The standard InChI is InChI=1S/C14H18ClNO4S/c1-20-9-4-10-21(18,19)16-14-11-12(5-2-3-8-17)6-7-13(14)15/h6-7,11,16-17H,3-4,8-10H2,1H3. The lowest BCUT2D eigenvalue weighted by Crippen LogP contribution is -2.18. The maximum atomic E-state index is 11.9. The van der Waals surface area contributed by atoms with Gasteiger partial charge in [0.1, 0.15) is 0 Å². The highest BCUT2D eigenvalue weighted by Gasteiger charge is 2.12. The van der Waals surface area contributed by atoms with Crippen molar-refractivity contribution in [2.45, 2.75) is 12.8 Å². The van der Waals surface area contributed by atoms with Crippen molar-refractivity contribution in [1.82, 2.24) is 0 Å². The Kier molecular flexibility index (Phi) is 7.54. The maximum Gasteiger partial charge on any atom is 0.232 e. The lowest BCUT2D eigenvalue weighted by atomic mass is 10.2. The van der Waals surface area contributed by atoms with Gasteiger partial charge in [0.2, 0.25) is 10.0 Å². The molecule has 5 nitrogen and oxygen atoms in total.